The number of aliphatic hydroxyl groups is 1. The molecule has 0 saturated carbocycles. The van der Waals surface area contributed by atoms with Crippen molar-refractivity contribution in [2.24, 2.45) is 0 Å². The predicted octanol–water partition coefficient (Wildman–Crippen LogP) is 2.48. The summed E-state index contributed by atoms with van der Waals surface area (Å²) >= 11 is 0. The molecule has 0 atom stereocenters. The molecule has 1 fully saturated rings. The summed E-state index contributed by atoms with van der Waals surface area (Å²) in [6, 6.07) is 17.7. The van der Waals surface area contributed by atoms with E-state index in [4.69, 9.17) is 4.74 Å². The molecular weight excluding hydrogens is 354 g/mol. The Labute approximate surface area is 166 Å². The number of hydrogen-bond donors (Lipinski definition) is 2. The number of carbonyl (C=O) groups excluding carboxylic acids is 1. The second-order valence-corrected chi connectivity index (χ2v) is 6.94. The normalized spacial score (nSPS) is 14.7. The molecule has 1 heterocycles. The smallest absolute Gasteiger partial charge is 0.317 e. The van der Waals surface area contributed by atoms with Gasteiger partial charge in [0.1, 0.15) is 5.75 Å². The van der Waals surface area contributed by atoms with Gasteiger partial charge in [-0.05, 0) is 29.7 Å². The van der Waals surface area contributed by atoms with Gasteiger partial charge in [0.25, 0.3) is 0 Å². The fraction of sp³-hybridized carbons (Fsp3) is 0.409. The minimum atomic E-state index is -0.00452. The van der Waals surface area contributed by atoms with Crippen molar-refractivity contribution in [3.8, 4) is 5.75 Å². The first-order valence-corrected chi connectivity index (χ1v) is 9.87. The minimum Gasteiger partial charge on any atom is -0.494 e. The standard InChI is InChI=1S/C22H29N3O3/c26-18-20-8-5-4-7-19(20)17-24-12-14-25(15-13-24)22(27)23-11-6-16-28-21-9-2-1-3-10-21/h1-5,7-10,26H,6,11-18H2,(H,23,27). The van der Waals surface area contributed by atoms with Crippen molar-refractivity contribution in [3.63, 3.8) is 0 Å². The molecule has 150 valence electrons. The van der Waals surface area contributed by atoms with E-state index in [1.54, 1.807) is 0 Å². The molecule has 1 aliphatic heterocycles. The Balaban J connectivity index is 1.32. The van der Waals surface area contributed by atoms with Crippen molar-refractivity contribution >= 4 is 6.03 Å². The van der Waals surface area contributed by atoms with Gasteiger partial charge in [0.15, 0.2) is 0 Å². The summed E-state index contributed by atoms with van der Waals surface area (Å²) in [5.74, 6) is 0.854. The van der Waals surface area contributed by atoms with E-state index >= 15 is 0 Å². The molecule has 0 aliphatic carbocycles. The predicted molar refractivity (Wildman–Crippen MR) is 109 cm³/mol. The quantitative estimate of drug-likeness (QED) is 0.688. The van der Waals surface area contributed by atoms with E-state index in [1.807, 2.05) is 53.4 Å². The highest BCUT2D eigenvalue weighted by atomic mass is 16.5. The van der Waals surface area contributed by atoms with Crippen molar-refractivity contribution in [2.45, 2.75) is 19.6 Å². The van der Waals surface area contributed by atoms with Crippen LogP contribution in [0.4, 0.5) is 4.79 Å². The van der Waals surface area contributed by atoms with Gasteiger partial charge in [-0.15, -0.1) is 0 Å². The van der Waals surface area contributed by atoms with E-state index in [9.17, 15) is 9.90 Å². The number of amides is 2. The van der Waals surface area contributed by atoms with E-state index < -0.39 is 0 Å². The van der Waals surface area contributed by atoms with E-state index in [0.717, 1.165) is 42.9 Å². The first-order chi connectivity index (χ1) is 13.8. The van der Waals surface area contributed by atoms with Gasteiger partial charge in [0.05, 0.1) is 13.2 Å². The third-order valence-electron chi connectivity index (χ3n) is 4.95. The Morgan fingerprint density at radius 2 is 1.64 bits per heavy atom. The van der Waals surface area contributed by atoms with Gasteiger partial charge >= 0.3 is 6.03 Å². The zero-order valence-electron chi connectivity index (χ0n) is 16.2. The van der Waals surface area contributed by atoms with Gasteiger partial charge in [-0.25, -0.2) is 4.79 Å². The Morgan fingerprint density at radius 3 is 2.36 bits per heavy atom. The molecule has 2 aromatic rings. The number of nitrogens with zero attached hydrogens (tertiary/aromatic N) is 2. The fourth-order valence-electron chi connectivity index (χ4n) is 3.30. The van der Waals surface area contributed by atoms with Crippen LogP contribution in [-0.2, 0) is 13.2 Å². The van der Waals surface area contributed by atoms with E-state index in [1.165, 1.54) is 0 Å². The van der Waals surface area contributed by atoms with Crippen LogP contribution >= 0.6 is 0 Å². The van der Waals surface area contributed by atoms with Crippen LogP contribution in [0.15, 0.2) is 54.6 Å². The molecule has 0 spiro atoms. The van der Waals surface area contributed by atoms with Crippen molar-refractivity contribution in [1.29, 1.82) is 0 Å². The number of hydrogen-bond acceptors (Lipinski definition) is 4. The molecule has 2 aromatic carbocycles. The number of rotatable bonds is 8. The lowest BCUT2D eigenvalue weighted by atomic mass is 10.1. The number of ether oxygens (including phenoxy) is 1. The van der Waals surface area contributed by atoms with Crippen molar-refractivity contribution in [2.75, 3.05) is 39.3 Å². The maximum absolute atomic E-state index is 12.3. The summed E-state index contributed by atoms with van der Waals surface area (Å²) in [7, 11) is 0. The molecular formula is C22H29N3O3. The summed E-state index contributed by atoms with van der Waals surface area (Å²) in [5.41, 5.74) is 2.13. The SMILES string of the molecule is O=C(NCCCOc1ccccc1)N1CCN(Cc2ccccc2CO)CC1. The average Bonchev–Trinajstić information content (AvgIpc) is 2.75. The Kier molecular flexibility index (Phi) is 7.70. The maximum atomic E-state index is 12.3. The zero-order valence-corrected chi connectivity index (χ0v) is 16.2. The number of nitrogens with one attached hydrogen (secondary N) is 1. The van der Waals surface area contributed by atoms with Crippen LogP contribution in [0.3, 0.4) is 0 Å². The fourth-order valence-corrected chi connectivity index (χ4v) is 3.30. The van der Waals surface area contributed by atoms with Gasteiger partial charge in [-0.1, -0.05) is 42.5 Å². The number of benzene rings is 2. The number of para-hydroxylation sites is 1. The Morgan fingerprint density at radius 1 is 0.964 bits per heavy atom. The maximum Gasteiger partial charge on any atom is 0.317 e. The average molecular weight is 383 g/mol. The highest BCUT2D eigenvalue weighted by Gasteiger charge is 2.21. The lowest BCUT2D eigenvalue weighted by molar-refractivity contribution is 0.134. The monoisotopic (exact) mass is 383 g/mol. The number of carbonyl (C=O) groups is 1. The summed E-state index contributed by atoms with van der Waals surface area (Å²) in [4.78, 5) is 16.5. The summed E-state index contributed by atoms with van der Waals surface area (Å²) in [6.07, 6.45) is 0.776. The van der Waals surface area contributed by atoms with Crippen LogP contribution < -0.4 is 10.1 Å². The lowest BCUT2D eigenvalue weighted by Gasteiger charge is -2.35. The molecule has 0 aromatic heterocycles. The van der Waals surface area contributed by atoms with Crippen LogP contribution in [0, 0.1) is 0 Å². The molecule has 0 radical (unpaired) electrons. The largest absolute Gasteiger partial charge is 0.494 e. The van der Waals surface area contributed by atoms with Crippen molar-refractivity contribution in [1.82, 2.24) is 15.1 Å². The third-order valence-corrected chi connectivity index (χ3v) is 4.95. The van der Waals surface area contributed by atoms with Crippen LogP contribution in [0.1, 0.15) is 17.5 Å². The summed E-state index contributed by atoms with van der Waals surface area (Å²) in [5, 5.41) is 12.4. The van der Waals surface area contributed by atoms with E-state index in [0.29, 0.717) is 26.2 Å². The summed E-state index contributed by atoms with van der Waals surface area (Å²) < 4.78 is 5.63. The topological polar surface area (TPSA) is 65.0 Å². The minimum absolute atomic E-state index is 0.00452. The molecule has 1 aliphatic rings. The molecule has 28 heavy (non-hydrogen) atoms. The second kappa shape index (κ2) is 10.7. The number of aliphatic hydroxyl groups excluding tert-OH is 1. The van der Waals surface area contributed by atoms with E-state index in [-0.39, 0.29) is 12.6 Å². The van der Waals surface area contributed by atoms with Gasteiger partial charge in [0, 0.05) is 39.3 Å². The number of urea groups is 1. The van der Waals surface area contributed by atoms with Gasteiger partial charge in [-0.3, -0.25) is 4.90 Å². The highest BCUT2D eigenvalue weighted by Crippen LogP contribution is 2.13. The first kappa shape index (κ1) is 20.2. The van der Waals surface area contributed by atoms with Crippen LogP contribution in [-0.4, -0.2) is 60.3 Å². The lowest BCUT2D eigenvalue weighted by Crippen LogP contribution is -2.51. The molecule has 0 unspecified atom stereocenters. The Bertz CT molecular complexity index is 731. The molecule has 6 nitrogen and oxygen atoms in total. The highest BCUT2D eigenvalue weighted by molar-refractivity contribution is 5.74. The van der Waals surface area contributed by atoms with Gasteiger partial charge in [-0.2, -0.15) is 0 Å². The van der Waals surface area contributed by atoms with Crippen LogP contribution in [0.25, 0.3) is 0 Å². The zero-order chi connectivity index (χ0) is 19.6. The van der Waals surface area contributed by atoms with Crippen LogP contribution in [0.2, 0.25) is 0 Å². The van der Waals surface area contributed by atoms with Crippen molar-refractivity contribution < 1.29 is 14.6 Å². The third kappa shape index (κ3) is 5.97. The van der Waals surface area contributed by atoms with Gasteiger partial charge < -0.3 is 20.1 Å². The molecule has 2 amide bonds. The molecule has 1 saturated heterocycles. The Hall–Kier alpha value is -2.57. The van der Waals surface area contributed by atoms with Crippen LogP contribution in [0.5, 0.6) is 5.75 Å². The number of piperazine rings is 1. The summed E-state index contributed by atoms with van der Waals surface area (Å²) in [6.45, 7) is 5.17. The molecule has 2 N–H and O–H groups in total. The van der Waals surface area contributed by atoms with Gasteiger partial charge in [0.2, 0.25) is 0 Å². The van der Waals surface area contributed by atoms with E-state index in [2.05, 4.69) is 16.3 Å². The second-order valence-electron chi connectivity index (χ2n) is 6.94. The molecule has 0 bridgehead atoms. The molecule has 3 rings (SSSR count). The first-order valence-electron chi connectivity index (χ1n) is 9.87. The van der Waals surface area contributed by atoms with Crippen molar-refractivity contribution in [3.05, 3.63) is 65.7 Å². The molecule has 6 heteroatoms.